The first-order valence-corrected chi connectivity index (χ1v) is 8.90. The third-order valence-electron chi connectivity index (χ3n) is 4.39. The van der Waals surface area contributed by atoms with Crippen molar-refractivity contribution in [2.24, 2.45) is 11.3 Å². The zero-order valence-electron chi connectivity index (χ0n) is 14.0. The molecule has 3 nitrogen and oxygen atoms in total. The quantitative estimate of drug-likeness (QED) is 0.582. The lowest BCUT2D eigenvalue weighted by atomic mass is 9.72. The summed E-state index contributed by atoms with van der Waals surface area (Å²) < 4.78 is 12.6. The van der Waals surface area contributed by atoms with Gasteiger partial charge in [-0.05, 0) is 52.2 Å². The molecule has 0 spiro atoms. The Hall–Kier alpha value is -1.23. The molecular formula is C18H24BrFN2O. The summed E-state index contributed by atoms with van der Waals surface area (Å²) in [4.78, 5) is 11.3. The third kappa shape index (κ3) is 5.41. The summed E-state index contributed by atoms with van der Waals surface area (Å²) in [6, 6.07) is 4.98. The predicted molar refractivity (Wildman–Crippen MR) is 95.0 cm³/mol. The molecule has 0 N–H and O–H groups in total. The highest BCUT2D eigenvalue weighted by atomic mass is 79.9. The molecular weight excluding hydrogens is 359 g/mol. The number of halogens is 2. The SMILES string of the molecule is CC(C)(C)C1CCCCC1.FOc1ccc2cc(Br)cnc2n1. The van der Waals surface area contributed by atoms with E-state index in [4.69, 9.17) is 0 Å². The van der Waals surface area contributed by atoms with Crippen LogP contribution in [0.4, 0.5) is 4.53 Å². The van der Waals surface area contributed by atoms with Crippen molar-refractivity contribution in [2.45, 2.75) is 52.9 Å². The van der Waals surface area contributed by atoms with Crippen LogP contribution in [0.25, 0.3) is 11.0 Å². The van der Waals surface area contributed by atoms with Crippen LogP contribution in [0, 0.1) is 11.3 Å². The first-order chi connectivity index (χ1) is 10.9. The Morgan fingerprint density at radius 3 is 2.43 bits per heavy atom. The highest BCUT2D eigenvalue weighted by molar-refractivity contribution is 9.10. The van der Waals surface area contributed by atoms with Gasteiger partial charge in [-0.25, -0.2) is 4.98 Å². The Labute approximate surface area is 145 Å². The second-order valence-electron chi connectivity index (χ2n) is 7.13. The fourth-order valence-electron chi connectivity index (χ4n) is 2.98. The van der Waals surface area contributed by atoms with Crippen LogP contribution in [0.3, 0.4) is 0 Å². The topological polar surface area (TPSA) is 35.0 Å². The van der Waals surface area contributed by atoms with E-state index in [0.717, 1.165) is 15.8 Å². The second kappa shape index (κ2) is 8.04. The molecule has 0 unspecified atom stereocenters. The normalized spacial score (nSPS) is 15.9. The smallest absolute Gasteiger partial charge is 0.264 e. The summed E-state index contributed by atoms with van der Waals surface area (Å²) in [7, 11) is 0. The molecule has 0 radical (unpaired) electrons. The maximum atomic E-state index is 11.7. The molecule has 2 heterocycles. The van der Waals surface area contributed by atoms with Crippen molar-refractivity contribution in [3.8, 4) is 5.88 Å². The average molecular weight is 383 g/mol. The molecule has 0 atom stereocenters. The first-order valence-electron chi connectivity index (χ1n) is 8.11. The van der Waals surface area contributed by atoms with E-state index in [1.54, 1.807) is 12.3 Å². The summed E-state index contributed by atoms with van der Waals surface area (Å²) >= 11 is 3.27. The lowest BCUT2D eigenvalue weighted by molar-refractivity contribution is -0.0115. The predicted octanol–water partition coefficient (Wildman–Crippen LogP) is 6.27. The average Bonchev–Trinajstić information content (AvgIpc) is 2.55. The van der Waals surface area contributed by atoms with Crippen LogP contribution in [0.5, 0.6) is 5.88 Å². The minimum atomic E-state index is -0.0812. The van der Waals surface area contributed by atoms with Crippen molar-refractivity contribution < 1.29 is 9.47 Å². The molecule has 2 aromatic rings. The van der Waals surface area contributed by atoms with Crippen LogP contribution in [0.1, 0.15) is 52.9 Å². The van der Waals surface area contributed by atoms with E-state index in [2.05, 4.69) is 51.6 Å². The van der Waals surface area contributed by atoms with Crippen LogP contribution in [0.2, 0.25) is 0 Å². The Morgan fingerprint density at radius 1 is 1.17 bits per heavy atom. The molecule has 0 aromatic carbocycles. The van der Waals surface area contributed by atoms with Gasteiger partial charge in [0.1, 0.15) is 0 Å². The lowest BCUT2D eigenvalue weighted by Gasteiger charge is -2.33. The first kappa shape index (κ1) is 18.1. The molecule has 2 aromatic heterocycles. The molecule has 1 fully saturated rings. The summed E-state index contributed by atoms with van der Waals surface area (Å²) in [6.07, 6.45) is 8.97. The van der Waals surface area contributed by atoms with Gasteiger partial charge in [-0.1, -0.05) is 40.0 Å². The molecule has 1 aliphatic carbocycles. The minimum Gasteiger partial charge on any atom is -0.273 e. The molecule has 23 heavy (non-hydrogen) atoms. The van der Waals surface area contributed by atoms with Gasteiger partial charge in [0.2, 0.25) is 0 Å². The standard InChI is InChI=1S/C10H20.C8H4BrFN2O/c1-10(2,3)9-7-5-4-6-8-9;9-6-3-5-1-2-7(13-10)12-8(5)11-4-6/h9H,4-8H2,1-3H3;1-4H. The van der Waals surface area contributed by atoms with Crippen molar-refractivity contribution in [1.29, 1.82) is 0 Å². The van der Waals surface area contributed by atoms with Gasteiger partial charge in [-0.3, -0.25) is 4.94 Å². The maximum absolute atomic E-state index is 11.7. The fourth-order valence-corrected chi connectivity index (χ4v) is 3.33. The van der Waals surface area contributed by atoms with E-state index in [9.17, 15) is 4.53 Å². The van der Waals surface area contributed by atoms with Crippen molar-refractivity contribution in [1.82, 2.24) is 9.97 Å². The van der Waals surface area contributed by atoms with E-state index in [1.165, 1.54) is 38.2 Å². The highest BCUT2D eigenvalue weighted by Crippen LogP contribution is 2.37. The van der Waals surface area contributed by atoms with E-state index in [-0.39, 0.29) is 5.88 Å². The van der Waals surface area contributed by atoms with Crippen molar-refractivity contribution >= 4 is 27.0 Å². The monoisotopic (exact) mass is 382 g/mol. The zero-order valence-corrected chi connectivity index (χ0v) is 15.6. The van der Waals surface area contributed by atoms with Crippen molar-refractivity contribution in [3.05, 3.63) is 28.9 Å². The van der Waals surface area contributed by atoms with Crippen LogP contribution in [0.15, 0.2) is 28.9 Å². The summed E-state index contributed by atoms with van der Waals surface area (Å²) in [5.74, 6) is 0.920. The Kier molecular flexibility index (Phi) is 6.33. The minimum absolute atomic E-state index is 0.0812. The zero-order chi connectivity index (χ0) is 16.9. The molecule has 0 saturated heterocycles. The van der Waals surface area contributed by atoms with Crippen LogP contribution in [-0.2, 0) is 0 Å². The second-order valence-corrected chi connectivity index (χ2v) is 8.04. The fraction of sp³-hybridized carbons (Fsp3) is 0.556. The number of rotatable bonds is 1. The molecule has 0 bridgehead atoms. The van der Waals surface area contributed by atoms with Gasteiger partial charge in [0, 0.05) is 26.6 Å². The number of hydrogen-bond donors (Lipinski definition) is 0. The summed E-state index contributed by atoms with van der Waals surface area (Å²) in [6.45, 7) is 7.13. The van der Waals surface area contributed by atoms with Gasteiger partial charge in [0.25, 0.3) is 5.88 Å². The largest absolute Gasteiger partial charge is 0.273 e. The van der Waals surface area contributed by atoms with Crippen molar-refractivity contribution in [3.63, 3.8) is 0 Å². The van der Waals surface area contributed by atoms with Gasteiger partial charge in [-0.15, -0.1) is 0 Å². The molecule has 0 amide bonds. The highest BCUT2D eigenvalue weighted by Gasteiger charge is 2.25. The third-order valence-corrected chi connectivity index (χ3v) is 4.83. The molecule has 1 aliphatic rings. The number of aromatic nitrogens is 2. The van der Waals surface area contributed by atoms with E-state index >= 15 is 0 Å². The van der Waals surface area contributed by atoms with E-state index in [0.29, 0.717) is 11.1 Å². The lowest BCUT2D eigenvalue weighted by Crippen LogP contribution is -2.22. The van der Waals surface area contributed by atoms with Crippen LogP contribution < -0.4 is 4.94 Å². The summed E-state index contributed by atoms with van der Waals surface area (Å²) in [5.41, 5.74) is 1.03. The molecule has 3 rings (SSSR count). The molecule has 126 valence electrons. The van der Waals surface area contributed by atoms with E-state index < -0.39 is 0 Å². The Balaban J connectivity index is 0.000000174. The van der Waals surface area contributed by atoms with Gasteiger partial charge >= 0.3 is 0 Å². The maximum Gasteiger partial charge on any atom is 0.264 e. The van der Waals surface area contributed by atoms with Gasteiger partial charge < -0.3 is 0 Å². The molecule has 1 saturated carbocycles. The number of fused-ring (bicyclic) bond motifs is 1. The van der Waals surface area contributed by atoms with Crippen LogP contribution in [-0.4, -0.2) is 9.97 Å². The Morgan fingerprint density at radius 2 is 1.87 bits per heavy atom. The summed E-state index contributed by atoms with van der Waals surface area (Å²) in [5, 5.41) is 0.829. The van der Waals surface area contributed by atoms with Gasteiger partial charge in [0.05, 0.1) is 0 Å². The van der Waals surface area contributed by atoms with Gasteiger partial charge in [-0.2, -0.15) is 4.98 Å². The number of pyridine rings is 2. The van der Waals surface area contributed by atoms with Crippen LogP contribution >= 0.6 is 15.9 Å². The van der Waals surface area contributed by atoms with E-state index in [1.807, 2.05) is 6.07 Å². The number of nitrogens with zero attached hydrogens (tertiary/aromatic N) is 2. The van der Waals surface area contributed by atoms with Crippen molar-refractivity contribution in [2.75, 3.05) is 0 Å². The van der Waals surface area contributed by atoms with Gasteiger partial charge in [0.15, 0.2) is 5.65 Å². The molecule has 0 aliphatic heterocycles. The molecule has 5 heteroatoms. The Bertz CT molecular complexity index is 636. The number of hydrogen-bond acceptors (Lipinski definition) is 3.